The molecule has 2 nitrogen and oxygen atoms in total. The number of hydrogen-bond donors (Lipinski definition) is 1. The van der Waals surface area contributed by atoms with Gasteiger partial charge in [0.1, 0.15) is 0 Å². The molecule has 0 saturated heterocycles. The third-order valence-electron chi connectivity index (χ3n) is 2.93. The van der Waals surface area contributed by atoms with E-state index < -0.39 is 0 Å². The van der Waals surface area contributed by atoms with Gasteiger partial charge in [0.05, 0.1) is 0 Å². The van der Waals surface area contributed by atoms with Gasteiger partial charge in [-0.05, 0) is 31.1 Å². The van der Waals surface area contributed by atoms with Crippen molar-refractivity contribution >= 4 is 5.91 Å². The Morgan fingerprint density at radius 3 is 2.77 bits per heavy atom. The third-order valence-corrected chi connectivity index (χ3v) is 2.93. The van der Waals surface area contributed by atoms with Gasteiger partial charge in [-0.3, -0.25) is 4.79 Å². The Morgan fingerprint density at radius 2 is 2.38 bits per heavy atom. The minimum absolute atomic E-state index is 0.150. The van der Waals surface area contributed by atoms with E-state index in [2.05, 4.69) is 18.8 Å². The average Bonchev–Trinajstić information content (AvgIpc) is 2.80. The lowest BCUT2D eigenvalue weighted by atomic mass is 9.97. The molecule has 1 fully saturated rings. The maximum Gasteiger partial charge on any atom is 0.223 e. The van der Waals surface area contributed by atoms with E-state index in [1.165, 1.54) is 6.42 Å². The molecule has 0 spiro atoms. The zero-order chi connectivity index (χ0) is 9.84. The monoisotopic (exact) mass is 181 g/mol. The Labute approximate surface area is 80.4 Å². The van der Waals surface area contributed by atoms with Gasteiger partial charge in [0.15, 0.2) is 0 Å². The number of rotatable bonds is 5. The van der Waals surface area contributed by atoms with Gasteiger partial charge in [-0.15, -0.1) is 6.58 Å². The summed E-state index contributed by atoms with van der Waals surface area (Å²) < 4.78 is 0. The first-order chi connectivity index (χ1) is 6.19. The molecular weight excluding hydrogens is 162 g/mol. The quantitative estimate of drug-likeness (QED) is 0.645. The molecule has 1 rings (SSSR count). The molecule has 0 aromatic carbocycles. The van der Waals surface area contributed by atoms with E-state index in [1.807, 2.05) is 6.08 Å². The lowest BCUT2D eigenvalue weighted by Crippen LogP contribution is -2.27. The summed E-state index contributed by atoms with van der Waals surface area (Å²) in [5.74, 6) is 1.93. The first kappa shape index (κ1) is 10.3. The van der Waals surface area contributed by atoms with Crippen LogP contribution in [0.4, 0.5) is 0 Å². The van der Waals surface area contributed by atoms with E-state index in [-0.39, 0.29) is 11.8 Å². The highest BCUT2D eigenvalue weighted by Gasteiger charge is 2.35. The largest absolute Gasteiger partial charge is 0.359 e. The minimum Gasteiger partial charge on any atom is -0.359 e. The highest BCUT2D eigenvalue weighted by atomic mass is 16.1. The molecule has 3 atom stereocenters. The topological polar surface area (TPSA) is 29.1 Å². The average molecular weight is 181 g/mol. The lowest BCUT2D eigenvalue weighted by Gasteiger charge is -2.12. The first-order valence-electron chi connectivity index (χ1n) is 5.01. The Kier molecular flexibility index (Phi) is 3.52. The van der Waals surface area contributed by atoms with E-state index in [0.717, 1.165) is 24.7 Å². The fourth-order valence-electron chi connectivity index (χ4n) is 1.81. The standard InChI is InChI=1S/C11H19NO/c1-4-5-9(11(13)12-3)7-10-6-8(10)2/h4,8-10H,1,5-7H2,2-3H3,(H,12,13). The fourth-order valence-corrected chi connectivity index (χ4v) is 1.81. The zero-order valence-corrected chi connectivity index (χ0v) is 8.55. The van der Waals surface area contributed by atoms with Crippen molar-refractivity contribution in [2.75, 3.05) is 7.05 Å². The number of hydrogen-bond acceptors (Lipinski definition) is 1. The highest BCUT2D eigenvalue weighted by molar-refractivity contribution is 5.78. The summed E-state index contributed by atoms with van der Waals surface area (Å²) >= 11 is 0. The predicted octanol–water partition coefficient (Wildman–Crippen LogP) is 1.97. The van der Waals surface area contributed by atoms with Crippen molar-refractivity contribution < 1.29 is 4.79 Å². The lowest BCUT2D eigenvalue weighted by molar-refractivity contribution is -0.124. The normalized spacial score (nSPS) is 27.8. The van der Waals surface area contributed by atoms with Gasteiger partial charge < -0.3 is 5.32 Å². The minimum atomic E-state index is 0.150. The van der Waals surface area contributed by atoms with Crippen molar-refractivity contribution in [1.29, 1.82) is 0 Å². The summed E-state index contributed by atoms with van der Waals surface area (Å²) in [6, 6.07) is 0. The molecule has 0 radical (unpaired) electrons. The van der Waals surface area contributed by atoms with Crippen LogP contribution in [0.5, 0.6) is 0 Å². The molecule has 3 unspecified atom stereocenters. The molecule has 2 heteroatoms. The van der Waals surface area contributed by atoms with Gasteiger partial charge in [-0.2, -0.15) is 0 Å². The van der Waals surface area contributed by atoms with Gasteiger partial charge in [0.2, 0.25) is 5.91 Å². The van der Waals surface area contributed by atoms with Crippen LogP contribution < -0.4 is 5.32 Å². The number of allylic oxidation sites excluding steroid dienone is 1. The second kappa shape index (κ2) is 4.45. The van der Waals surface area contributed by atoms with Crippen LogP contribution in [-0.4, -0.2) is 13.0 Å². The summed E-state index contributed by atoms with van der Waals surface area (Å²) in [7, 11) is 1.70. The molecule has 1 saturated carbocycles. The van der Waals surface area contributed by atoms with Crippen molar-refractivity contribution in [1.82, 2.24) is 5.32 Å². The maximum atomic E-state index is 11.4. The summed E-state index contributed by atoms with van der Waals surface area (Å²) in [5.41, 5.74) is 0. The van der Waals surface area contributed by atoms with E-state index in [1.54, 1.807) is 7.05 Å². The molecule has 13 heavy (non-hydrogen) atoms. The van der Waals surface area contributed by atoms with E-state index in [4.69, 9.17) is 0 Å². The van der Waals surface area contributed by atoms with E-state index >= 15 is 0 Å². The van der Waals surface area contributed by atoms with E-state index in [9.17, 15) is 4.79 Å². The van der Waals surface area contributed by atoms with Crippen LogP contribution in [0.3, 0.4) is 0 Å². The van der Waals surface area contributed by atoms with Crippen LogP contribution in [0.25, 0.3) is 0 Å². The van der Waals surface area contributed by atoms with Gasteiger partial charge in [0, 0.05) is 13.0 Å². The summed E-state index contributed by atoms with van der Waals surface area (Å²) in [4.78, 5) is 11.4. The summed E-state index contributed by atoms with van der Waals surface area (Å²) in [6.45, 7) is 5.93. The van der Waals surface area contributed by atoms with E-state index in [0.29, 0.717) is 0 Å². The molecule has 1 N–H and O–H groups in total. The molecule has 0 heterocycles. The third kappa shape index (κ3) is 2.87. The number of carbonyl (C=O) groups excluding carboxylic acids is 1. The van der Waals surface area contributed by atoms with Crippen molar-refractivity contribution in [2.45, 2.75) is 26.2 Å². The Bertz CT molecular complexity index is 200. The molecule has 0 aliphatic heterocycles. The van der Waals surface area contributed by atoms with Crippen LogP contribution in [0.15, 0.2) is 12.7 Å². The Morgan fingerprint density at radius 1 is 1.77 bits per heavy atom. The fraction of sp³-hybridized carbons (Fsp3) is 0.727. The number of carbonyl (C=O) groups is 1. The van der Waals surface area contributed by atoms with Gasteiger partial charge >= 0.3 is 0 Å². The smallest absolute Gasteiger partial charge is 0.223 e. The number of nitrogens with one attached hydrogen (secondary N) is 1. The number of amides is 1. The SMILES string of the molecule is C=CCC(CC1CC1C)C(=O)NC. The van der Waals surface area contributed by atoms with Crippen LogP contribution in [0.1, 0.15) is 26.2 Å². The van der Waals surface area contributed by atoms with Crippen molar-refractivity contribution in [2.24, 2.45) is 17.8 Å². The molecular formula is C11H19NO. The van der Waals surface area contributed by atoms with Crippen molar-refractivity contribution in [3.8, 4) is 0 Å². The van der Waals surface area contributed by atoms with Crippen molar-refractivity contribution in [3.63, 3.8) is 0 Å². The van der Waals surface area contributed by atoms with Crippen LogP contribution in [0.2, 0.25) is 0 Å². The molecule has 1 aliphatic rings. The Hall–Kier alpha value is -0.790. The molecule has 0 aromatic heterocycles. The molecule has 1 aliphatic carbocycles. The molecule has 0 bridgehead atoms. The Balaban J connectivity index is 2.37. The molecule has 74 valence electrons. The van der Waals surface area contributed by atoms with Gasteiger partial charge in [-0.25, -0.2) is 0 Å². The van der Waals surface area contributed by atoms with Crippen molar-refractivity contribution in [3.05, 3.63) is 12.7 Å². The second-order valence-electron chi connectivity index (χ2n) is 4.04. The second-order valence-corrected chi connectivity index (χ2v) is 4.04. The van der Waals surface area contributed by atoms with Crippen LogP contribution in [0, 0.1) is 17.8 Å². The summed E-state index contributed by atoms with van der Waals surface area (Å²) in [5, 5.41) is 2.71. The van der Waals surface area contributed by atoms with Crippen LogP contribution >= 0.6 is 0 Å². The zero-order valence-electron chi connectivity index (χ0n) is 8.55. The maximum absolute atomic E-state index is 11.4. The van der Waals surface area contributed by atoms with Gasteiger partial charge in [-0.1, -0.05) is 13.0 Å². The molecule has 0 aromatic rings. The highest BCUT2D eigenvalue weighted by Crippen LogP contribution is 2.43. The summed E-state index contributed by atoms with van der Waals surface area (Å²) in [6.07, 6.45) is 4.98. The predicted molar refractivity (Wildman–Crippen MR) is 54.3 cm³/mol. The van der Waals surface area contributed by atoms with Crippen LogP contribution in [-0.2, 0) is 4.79 Å². The van der Waals surface area contributed by atoms with Gasteiger partial charge in [0.25, 0.3) is 0 Å². The molecule has 1 amide bonds. The first-order valence-corrected chi connectivity index (χ1v) is 5.01.